The molecule has 30 heavy (non-hydrogen) atoms. The molecule has 3 heteroatoms. The van der Waals surface area contributed by atoms with Crippen molar-refractivity contribution in [1.82, 2.24) is 4.57 Å². The number of para-hydroxylation sites is 1. The van der Waals surface area contributed by atoms with E-state index in [-0.39, 0.29) is 6.42 Å². The number of hydrogen-bond acceptors (Lipinski definition) is 1. The van der Waals surface area contributed by atoms with E-state index in [4.69, 9.17) is 0 Å². The first kappa shape index (κ1) is 19.2. The van der Waals surface area contributed by atoms with Gasteiger partial charge in [-0.2, -0.15) is 0 Å². The van der Waals surface area contributed by atoms with Crippen LogP contribution in [0.3, 0.4) is 0 Å². The number of nitrogens with zero attached hydrogens (tertiary/aromatic N) is 1. The number of aromatic nitrogens is 1. The van der Waals surface area contributed by atoms with E-state index in [0.717, 1.165) is 18.4 Å². The molecule has 1 aromatic heterocycles. The first-order valence-electron chi connectivity index (χ1n) is 11.3. The van der Waals surface area contributed by atoms with E-state index < -0.39 is 5.97 Å². The number of carboxylic acids is 1. The van der Waals surface area contributed by atoms with E-state index in [1.54, 1.807) is 0 Å². The number of carboxylic acid groups (broad SMARTS) is 1. The SMILES string of the molecule is O=C(O)CCc1ccccc1-n1c(C2CCCCC2)cc2c1CCc1ccccc1-2. The number of fused-ring (bicyclic) bond motifs is 3. The van der Waals surface area contributed by atoms with Gasteiger partial charge in [-0.3, -0.25) is 4.79 Å². The van der Waals surface area contributed by atoms with Crippen LogP contribution in [0.5, 0.6) is 0 Å². The van der Waals surface area contributed by atoms with Crippen molar-refractivity contribution in [3.05, 3.63) is 77.1 Å². The quantitative estimate of drug-likeness (QED) is 0.546. The third-order valence-electron chi connectivity index (χ3n) is 6.93. The fourth-order valence-corrected chi connectivity index (χ4v) is 5.47. The maximum atomic E-state index is 11.2. The minimum atomic E-state index is -0.735. The number of benzene rings is 2. The average molecular weight is 400 g/mol. The highest BCUT2D eigenvalue weighted by molar-refractivity contribution is 5.75. The second-order valence-corrected chi connectivity index (χ2v) is 8.78. The summed E-state index contributed by atoms with van der Waals surface area (Å²) in [5.41, 5.74) is 9.34. The molecule has 5 rings (SSSR count). The third kappa shape index (κ3) is 3.47. The number of aryl methyl sites for hydroxylation is 2. The highest BCUT2D eigenvalue weighted by Gasteiger charge is 2.28. The van der Waals surface area contributed by atoms with E-state index in [1.165, 1.54) is 65.9 Å². The predicted molar refractivity (Wildman–Crippen MR) is 120 cm³/mol. The summed E-state index contributed by atoms with van der Waals surface area (Å²) in [5.74, 6) is -0.148. The zero-order chi connectivity index (χ0) is 20.5. The summed E-state index contributed by atoms with van der Waals surface area (Å²) in [5, 5.41) is 9.25. The van der Waals surface area contributed by atoms with Crippen molar-refractivity contribution in [1.29, 1.82) is 0 Å². The predicted octanol–water partition coefficient (Wildman–Crippen LogP) is 6.31. The first-order chi connectivity index (χ1) is 14.7. The van der Waals surface area contributed by atoms with Crippen molar-refractivity contribution >= 4 is 5.97 Å². The van der Waals surface area contributed by atoms with Crippen LogP contribution < -0.4 is 0 Å². The summed E-state index contributed by atoms with van der Waals surface area (Å²) in [6.45, 7) is 0. The highest BCUT2D eigenvalue weighted by atomic mass is 16.4. The van der Waals surface area contributed by atoms with Crippen molar-refractivity contribution in [3.8, 4) is 16.8 Å². The topological polar surface area (TPSA) is 42.2 Å². The molecule has 0 amide bonds. The minimum absolute atomic E-state index is 0.169. The molecule has 0 aliphatic heterocycles. The van der Waals surface area contributed by atoms with Crippen LogP contribution in [0.1, 0.15) is 67.0 Å². The van der Waals surface area contributed by atoms with E-state index >= 15 is 0 Å². The van der Waals surface area contributed by atoms with Crippen molar-refractivity contribution < 1.29 is 9.90 Å². The second kappa shape index (κ2) is 8.14. The molecule has 3 nitrogen and oxygen atoms in total. The van der Waals surface area contributed by atoms with Crippen molar-refractivity contribution in [2.45, 2.75) is 63.7 Å². The lowest BCUT2D eigenvalue weighted by Gasteiger charge is -2.26. The van der Waals surface area contributed by atoms with Crippen LogP contribution in [0.4, 0.5) is 0 Å². The summed E-state index contributed by atoms with van der Waals surface area (Å²) in [6, 6.07) is 19.7. The summed E-state index contributed by atoms with van der Waals surface area (Å²) in [7, 11) is 0. The van der Waals surface area contributed by atoms with E-state index in [9.17, 15) is 9.90 Å². The summed E-state index contributed by atoms with van der Waals surface area (Å²) >= 11 is 0. The van der Waals surface area contributed by atoms with E-state index in [2.05, 4.69) is 53.1 Å². The second-order valence-electron chi connectivity index (χ2n) is 8.78. The van der Waals surface area contributed by atoms with Crippen molar-refractivity contribution in [2.24, 2.45) is 0 Å². The van der Waals surface area contributed by atoms with E-state index in [0.29, 0.717) is 12.3 Å². The molecule has 3 aromatic rings. The van der Waals surface area contributed by atoms with E-state index in [1.807, 2.05) is 6.07 Å². The number of carbonyl (C=O) groups is 1. The molecular formula is C27H29NO2. The molecule has 0 bridgehead atoms. The first-order valence-corrected chi connectivity index (χ1v) is 11.3. The van der Waals surface area contributed by atoms with Gasteiger partial charge >= 0.3 is 5.97 Å². The minimum Gasteiger partial charge on any atom is -0.481 e. The third-order valence-corrected chi connectivity index (χ3v) is 6.93. The van der Waals surface area contributed by atoms with Gasteiger partial charge in [-0.05, 0) is 66.8 Å². The number of aliphatic carboxylic acids is 1. The Balaban J connectivity index is 1.68. The maximum absolute atomic E-state index is 11.2. The van der Waals surface area contributed by atoms with Gasteiger partial charge in [0.25, 0.3) is 0 Å². The molecule has 0 radical (unpaired) electrons. The normalized spacial score (nSPS) is 16.1. The molecule has 0 saturated heterocycles. The molecule has 2 aromatic carbocycles. The lowest BCUT2D eigenvalue weighted by molar-refractivity contribution is -0.136. The Morgan fingerprint density at radius 2 is 1.70 bits per heavy atom. The molecule has 1 fully saturated rings. The molecule has 0 unspecified atom stereocenters. The molecule has 1 N–H and O–H groups in total. The van der Waals surface area contributed by atoms with Gasteiger partial charge < -0.3 is 9.67 Å². The molecule has 1 heterocycles. The lowest BCUT2D eigenvalue weighted by Crippen LogP contribution is -2.15. The Labute approximate surface area is 178 Å². The Kier molecular flexibility index (Phi) is 5.20. The maximum Gasteiger partial charge on any atom is 0.303 e. The van der Waals surface area contributed by atoms with Gasteiger partial charge in [0.2, 0.25) is 0 Å². The Bertz CT molecular complexity index is 1070. The molecule has 2 aliphatic rings. The van der Waals surface area contributed by atoms with Gasteiger partial charge in [-0.15, -0.1) is 0 Å². The van der Waals surface area contributed by atoms with Gasteiger partial charge in [-0.1, -0.05) is 61.7 Å². The zero-order valence-electron chi connectivity index (χ0n) is 17.4. The highest BCUT2D eigenvalue weighted by Crippen LogP contribution is 2.43. The molecular weight excluding hydrogens is 370 g/mol. The Morgan fingerprint density at radius 3 is 2.53 bits per heavy atom. The van der Waals surface area contributed by atoms with Gasteiger partial charge in [-0.25, -0.2) is 0 Å². The average Bonchev–Trinajstić information content (AvgIpc) is 3.18. The van der Waals surface area contributed by atoms with Gasteiger partial charge in [0, 0.05) is 29.1 Å². The zero-order valence-corrected chi connectivity index (χ0v) is 17.4. The van der Waals surface area contributed by atoms with Crippen molar-refractivity contribution in [2.75, 3.05) is 0 Å². The standard InChI is InChI=1S/C27H29NO2/c29-27(30)17-15-21-11-5-7-13-24(21)28-25-16-14-19-8-4-6-12-22(19)23(25)18-26(28)20-9-2-1-3-10-20/h4-8,11-13,18,20H,1-3,9-10,14-17H2,(H,29,30). The van der Waals surface area contributed by atoms with Gasteiger partial charge in [0.15, 0.2) is 0 Å². The lowest BCUT2D eigenvalue weighted by atomic mass is 9.86. The molecule has 1 saturated carbocycles. The number of rotatable bonds is 5. The van der Waals surface area contributed by atoms with Crippen LogP contribution in [-0.4, -0.2) is 15.6 Å². The molecule has 2 aliphatic carbocycles. The van der Waals surface area contributed by atoms with Crippen molar-refractivity contribution in [3.63, 3.8) is 0 Å². The Hall–Kier alpha value is -2.81. The summed E-state index contributed by atoms with van der Waals surface area (Å²) in [6.07, 6.45) is 9.29. The molecule has 0 atom stereocenters. The molecule has 154 valence electrons. The van der Waals surface area contributed by atoms with Crippen LogP contribution >= 0.6 is 0 Å². The monoisotopic (exact) mass is 399 g/mol. The largest absolute Gasteiger partial charge is 0.481 e. The van der Waals surface area contributed by atoms with Crippen LogP contribution in [0.15, 0.2) is 54.6 Å². The van der Waals surface area contributed by atoms with Crippen LogP contribution in [-0.2, 0) is 24.1 Å². The van der Waals surface area contributed by atoms with Crippen LogP contribution in [0.2, 0.25) is 0 Å². The number of hydrogen-bond donors (Lipinski definition) is 1. The fraction of sp³-hybridized carbons (Fsp3) is 0.370. The Morgan fingerprint density at radius 1 is 0.933 bits per heavy atom. The van der Waals surface area contributed by atoms with Crippen LogP contribution in [0.25, 0.3) is 16.8 Å². The van der Waals surface area contributed by atoms with Gasteiger partial charge in [0.05, 0.1) is 0 Å². The fourth-order valence-electron chi connectivity index (χ4n) is 5.47. The van der Waals surface area contributed by atoms with Gasteiger partial charge in [0.1, 0.15) is 0 Å². The molecule has 0 spiro atoms. The summed E-state index contributed by atoms with van der Waals surface area (Å²) < 4.78 is 2.51. The van der Waals surface area contributed by atoms with Crippen LogP contribution in [0, 0.1) is 0 Å². The smallest absolute Gasteiger partial charge is 0.303 e. The summed E-state index contributed by atoms with van der Waals surface area (Å²) in [4.78, 5) is 11.2.